The summed E-state index contributed by atoms with van der Waals surface area (Å²) in [5, 5.41) is 26.1. The maximum Gasteiger partial charge on any atom is 0.404 e. The third-order valence-corrected chi connectivity index (χ3v) is 1.64. The van der Waals surface area contributed by atoms with Gasteiger partial charge in [-0.15, -0.1) is 14.5 Å². The zero-order valence-electron chi connectivity index (χ0n) is 11.9. The molecule has 0 spiro atoms. The van der Waals surface area contributed by atoms with Crippen molar-refractivity contribution in [1.29, 1.82) is 0 Å². The summed E-state index contributed by atoms with van der Waals surface area (Å²) in [7, 11) is -4.86. The minimum Gasteiger partial charge on any atom is -0.794 e. The number of hydroxylamine groups is 3. The van der Waals surface area contributed by atoms with Crippen LogP contribution in [-0.4, -0.2) is 89.9 Å². The molecule has 0 saturated carbocycles. The highest BCUT2D eigenvalue weighted by Gasteiger charge is 2.33. The van der Waals surface area contributed by atoms with Gasteiger partial charge in [-0.2, -0.15) is 0 Å². The zero-order chi connectivity index (χ0) is 16.8. The van der Waals surface area contributed by atoms with E-state index in [1.807, 2.05) is 6.92 Å². The van der Waals surface area contributed by atoms with E-state index in [2.05, 4.69) is 0 Å². The summed E-state index contributed by atoms with van der Waals surface area (Å²) in [5.74, 6) is 0. The Morgan fingerprint density at radius 1 is 0.857 bits per heavy atom. The average molecular weight is 335 g/mol. The average Bonchev–Trinajstić information content (AvgIpc) is 2.38. The van der Waals surface area contributed by atoms with Crippen molar-refractivity contribution in [3.8, 4) is 0 Å². The van der Waals surface area contributed by atoms with Crippen LogP contribution in [0.15, 0.2) is 0 Å². The molecule has 0 atom stereocenters. The Balaban J connectivity index is 0. The van der Waals surface area contributed by atoms with E-state index in [4.69, 9.17) is 49.0 Å². The second-order valence-corrected chi connectivity index (χ2v) is 4.73. The molecule has 0 aliphatic rings. The lowest BCUT2D eigenvalue weighted by molar-refractivity contribution is -1.37. The predicted octanol–water partition coefficient (Wildman–Crippen LogP) is -4.26. The molecule has 12 heteroatoms. The Morgan fingerprint density at radius 2 is 1.14 bits per heavy atom. The molecule has 0 aromatic heterocycles. The third kappa shape index (κ3) is 17.7. The van der Waals surface area contributed by atoms with Gasteiger partial charge in [0.2, 0.25) is 0 Å². The summed E-state index contributed by atoms with van der Waals surface area (Å²) in [6, 6.07) is 0. The highest BCUT2D eigenvalue weighted by atomic mass is 28.4. The van der Waals surface area contributed by atoms with E-state index in [1.54, 1.807) is 0 Å². The standard InChI is InChI=1S/C9H22NO6.H3O4Si/c1-2-3-10(14-7-4-11,15-8-5-12)16-9-6-13;1-5(2,3)4/h11-13H,2-9H2,1H3;1-3H/q+1;-1. The van der Waals surface area contributed by atoms with Gasteiger partial charge in [0.05, 0.1) is 24.8 Å². The predicted molar refractivity (Wildman–Crippen MR) is 66.9 cm³/mol. The maximum absolute atomic E-state index is 8.91. The van der Waals surface area contributed by atoms with Gasteiger partial charge in [0.25, 0.3) is 0 Å². The zero-order valence-corrected chi connectivity index (χ0v) is 12.9. The molecular weight excluding hydrogens is 310 g/mol. The van der Waals surface area contributed by atoms with Crippen LogP contribution in [0.25, 0.3) is 0 Å². The van der Waals surface area contributed by atoms with Crippen molar-refractivity contribution in [2.75, 3.05) is 46.2 Å². The fourth-order valence-electron chi connectivity index (χ4n) is 1.12. The molecule has 0 aliphatic heterocycles. The van der Waals surface area contributed by atoms with Gasteiger partial charge < -0.3 is 34.5 Å². The smallest absolute Gasteiger partial charge is 0.404 e. The number of aliphatic hydroxyl groups is 3. The van der Waals surface area contributed by atoms with Crippen LogP contribution in [0.4, 0.5) is 0 Å². The number of hydrogen-bond donors (Lipinski definition) is 6. The largest absolute Gasteiger partial charge is 0.794 e. The van der Waals surface area contributed by atoms with Crippen molar-refractivity contribution >= 4 is 9.05 Å². The molecule has 0 aromatic rings. The van der Waals surface area contributed by atoms with E-state index in [-0.39, 0.29) is 39.6 Å². The van der Waals surface area contributed by atoms with Crippen LogP contribution in [0.3, 0.4) is 0 Å². The lowest BCUT2D eigenvalue weighted by Gasteiger charge is -2.28. The number of quaternary nitrogens is 1. The van der Waals surface area contributed by atoms with E-state index in [9.17, 15) is 0 Å². The van der Waals surface area contributed by atoms with Gasteiger partial charge in [-0.1, -0.05) is 6.92 Å². The molecule has 0 bridgehead atoms. The number of hydrogen-bond acceptors (Lipinski definition) is 10. The van der Waals surface area contributed by atoms with Crippen molar-refractivity contribution < 1.29 is 54.0 Å². The van der Waals surface area contributed by atoms with Crippen molar-refractivity contribution in [2.45, 2.75) is 13.3 Å². The molecule has 0 amide bonds. The molecule has 0 unspecified atom stereocenters. The van der Waals surface area contributed by atoms with Gasteiger partial charge in [-0.25, -0.2) is 0 Å². The lowest BCUT2D eigenvalue weighted by Crippen LogP contribution is -2.50. The van der Waals surface area contributed by atoms with Crippen LogP contribution in [0.2, 0.25) is 0 Å². The van der Waals surface area contributed by atoms with Crippen molar-refractivity contribution in [2.24, 2.45) is 0 Å². The quantitative estimate of drug-likeness (QED) is 0.123. The molecular formula is C9H25NO10Si. The normalized spacial score (nSPS) is 12.0. The Bertz CT molecular complexity index is 199. The van der Waals surface area contributed by atoms with Crippen molar-refractivity contribution in [1.82, 2.24) is 0 Å². The SMILES string of the molecule is CCC[N+](OCCO)(OCCO)OCCO.[O-][Si](O)(O)O. The monoisotopic (exact) mass is 335 g/mol. The summed E-state index contributed by atoms with van der Waals surface area (Å²) in [6.45, 7) is 2.00. The fourth-order valence-corrected chi connectivity index (χ4v) is 1.12. The molecule has 6 N–H and O–H groups in total. The van der Waals surface area contributed by atoms with Gasteiger partial charge >= 0.3 is 9.05 Å². The highest BCUT2D eigenvalue weighted by Crippen LogP contribution is 2.12. The second kappa shape index (κ2) is 13.4. The highest BCUT2D eigenvalue weighted by molar-refractivity contribution is 6.44. The molecule has 0 heterocycles. The Labute approximate surface area is 123 Å². The summed E-state index contributed by atoms with van der Waals surface area (Å²) in [6.07, 6.45) is 0.724. The fraction of sp³-hybridized carbons (Fsp3) is 1.00. The van der Waals surface area contributed by atoms with Gasteiger partial charge in [0, 0.05) is 6.42 Å². The first-order chi connectivity index (χ1) is 9.74. The minimum absolute atomic E-state index is 0.0524. The molecule has 0 rings (SSSR count). The number of nitrogens with zero attached hydrogens (tertiary/aromatic N) is 1. The molecule has 0 aromatic carbocycles. The van der Waals surface area contributed by atoms with Crippen LogP contribution in [-0.2, 0) is 14.5 Å². The summed E-state index contributed by atoms with van der Waals surface area (Å²) in [4.78, 5) is 45.7. The van der Waals surface area contributed by atoms with E-state index < -0.39 is 14.0 Å². The van der Waals surface area contributed by atoms with Crippen LogP contribution >= 0.6 is 0 Å². The van der Waals surface area contributed by atoms with Gasteiger partial charge in [0.1, 0.15) is 19.8 Å². The topological polar surface area (TPSA) is 172 Å². The molecule has 21 heavy (non-hydrogen) atoms. The van der Waals surface area contributed by atoms with E-state index in [1.165, 1.54) is 0 Å². The molecule has 0 saturated heterocycles. The number of aliphatic hydroxyl groups excluding tert-OH is 3. The van der Waals surface area contributed by atoms with Gasteiger partial charge in [-0.05, 0) is 0 Å². The first-order valence-corrected chi connectivity index (χ1v) is 8.01. The van der Waals surface area contributed by atoms with E-state index in [0.29, 0.717) is 6.54 Å². The van der Waals surface area contributed by atoms with E-state index >= 15 is 0 Å². The third-order valence-electron chi connectivity index (χ3n) is 1.64. The molecule has 130 valence electrons. The van der Waals surface area contributed by atoms with Gasteiger partial charge in [-0.3, -0.25) is 0 Å². The first kappa shape index (κ1) is 23.0. The lowest BCUT2D eigenvalue weighted by atomic mass is 10.5. The Kier molecular flexibility index (Phi) is 14.8. The Hall–Kier alpha value is -0.223. The van der Waals surface area contributed by atoms with Gasteiger partial charge in [0.15, 0.2) is 6.54 Å². The summed E-state index contributed by atoms with van der Waals surface area (Å²) < 4.78 is 0. The van der Waals surface area contributed by atoms with E-state index in [0.717, 1.165) is 6.42 Å². The molecule has 0 radical (unpaired) electrons. The summed E-state index contributed by atoms with van der Waals surface area (Å²) in [5.41, 5.74) is 0. The van der Waals surface area contributed by atoms with Crippen LogP contribution in [0.5, 0.6) is 0 Å². The molecule has 11 nitrogen and oxygen atoms in total. The van der Waals surface area contributed by atoms with Crippen molar-refractivity contribution in [3.05, 3.63) is 0 Å². The van der Waals surface area contributed by atoms with Crippen LogP contribution < -0.4 is 4.80 Å². The first-order valence-electron chi connectivity index (χ1n) is 6.26. The summed E-state index contributed by atoms with van der Waals surface area (Å²) >= 11 is 0. The van der Waals surface area contributed by atoms with Crippen LogP contribution in [0.1, 0.15) is 13.3 Å². The number of rotatable bonds is 11. The second-order valence-electron chi connectivity index (χ2n) is 3.58. The van der Waals surface area contributed by atoms with Crippen LogP contribution in [0, 0.1) is 0 Å². The maximum atomic E-state index is 8.91. The minimum atomic E-state index is -4.86. The molecule has 0 fully saturated rings. The Morgan fingerprint density at radius 3 is 1.33 bits per heavy atom. The molecule has 0 aliphatic carbocycles. The van der Waals surface area contributed by atoms with Crippen molar-refractivity contribution in [3.63, 3.8) is 0 Å².